The number of rotatable bonds is 7. The third kappa shape index (κ3) is 5.39. The smallest absolute Gasteiger partial charge is 0.335 e. The van der Waals surface area contributed by atoms with E-state index in [4.69, 9.17) is 4.74 Å². The van der Waals surface area contributed by atoms with E-state index in [0.29, 0.717) is 23.6 Å². The first-order chi connectivity index (χ1) is 22.0. The quantitative estimate of drug-likeness (QED) is 0.183. The monoisotopic (exact) mass is 597 g/mol. The van der Waals surface area contributed by atoms with Gasteiger partial charge >= 0.3 is 6.03 Å². The molecule has 0 saturated carbocycles. The highest BCUT2D eigenvalue weighted by molar-refractivity contribution is 6.39. The van der Waals surface area contributed by atoms with Crippen molar-refractivity contribution in [3.05, 3.63) is 130 Å². The first kappa shape index (κ1) is 28.6. The number of nitrogens with zero attached hydrogens (tertiary/aromatic N) is 2. The fourth-order valence-corrected chi connectivity index (χ4v) is 6.91. The Morgan fingerprint density at radius 1 is 0.800 bits per heavy atom. The van der Waals surface area contributed by atoms with Gasteiger partial charge in [-0.2, -0.15) is 0 Å². The van der Waals surface area contributed by atoms with Crippen LogP contribution in [-0.2, 0) is 9.59 Å². The largest absolute Gasteiger partial charge is 0.494 e. The summed E-state index contributed by atoms with van der Waals surface area (Å²) in [7, 11) is 0. The highest BCUT2D eigenvalue weighted by Crippen LogP contribution is 2.50. The lowest BCUT2D eigenvalue weighted by Gasteiger charge is -2.44. The van der Waals surface area contributed by atoms with Crippen LogP contribution in [0.5, 0.6) is 5.75 Å². The number of amides is 4. The number of ether oxygens (including phenoxy) is 1. The molecule has 4 aromatic rings. The second-order valence-electron chi connectivity index (χ2n) is 11.8. The lowest BCUT2D eigenvalue weighted by Crippen LogP contribution is -2.54. The van der Waals surface area contributed by atoms with E-state index < -0.39 is 17.8 Å². The molecule has 0 spiro atoms. The van der Waals surface area contributed by atoms with Crippen LogP contribution in [0.1, 0.15) is 65.8 Å². The van der Waals surface area contributed by atoms with Crippen molar-refractivity contribution in [2.45, 2.75) is 38.0 Å². The van der Waals surface area contributed by atoms with Crippen molar-refractivity contribution in [2.75, 3.05) is 29.5 Å². The van der Waals surface area contributed by atoms with Crippen molar-refractivity contribution in [2.24, 2.45) is 0 Å². The molecule has 1 fully saturated rings. The molecule has 0 aromatic heterocycles. The Hall–Kier alpha value is -5.17. The van der Waals surface area contributed by atoms with Gasteiger partial charge in [-0.25, -0.2) is 9.69 Å². The molecule has 7 nitrogen and oxygen atoms in total. The second kappa shape index (κ2) is 12.1. The van der Waals surface area contributed by atoms with Crippen LogP contribution in [-0.4, -0.2) is 37.5 Å². The van der Waals surface area contributed by atoms with Gasteiger partial charge in [-0.3, -0.25) is 14.9 Å². The number of barbiturate groups is 1. The molecule has 226 valence electrons. The number of nitrogens with one attached hydrogen (secondary N) is 1. The summed E-state index contributed by atoms with van der Waals surface area (Å²) in [5.41, 5.74) is 6.85. The number of anilines is 2. The Bertz CT molecular complexity index is 1710. The summed E-state index contributed by atoms with van der Waals surface area (Å²) >= 11 is 0. The third-order valence-electron chi connectivity index (χ3n) is 9.02. The minimum atomic E-state index is -0.742. The summed E-state index contributed by atoms with van der Waals surface area (Å²) < 4.78 is 5.67. The molecule has 0 bridgehead atoms. The van der Waals surface area contributed by atoms with E-state index in [9.17, 15) is 14.4 Å². The average Bonchev–Trinajstić information content (AvgIpc) is 3.07. The number of carbonyl (C=O) groups is 3. The summed E-state index contributed by atoms with van der Waals surface area (Å²) in [4.78, 5) is 44.1. The predicted molar refractivity (Wildman–Crippen MR) is 176 cm³/mol. The minimum Gasteiger partial charge on any atom is -0.494 e. The van der Waals surface area contributed by atoms with Crippen molar-refractivity contribution in [3.63, 3.8) is 0 Å². The minimum absolute atomic E-state index is 0.0935. The number of carbonyl (C=O) groups excluding carboxylic acids is 3. The molecule has 1 saturated heterocycles. The zero-order valence-corrected chi connectivity index (χ0v) is 25.2. The number of hydrogen-bond donors (Lipinski definition) is 1. The van der Waals surface area contributed by atoms with Gasteiger partial charge in [0.25, 0.3) is 11.8 Å². The van der Waals surface area contributed by atoms with E-state index in [2.05, 4.69) is 58.7 Å². The summed E-state index contributed by atoms with van der Waals surface area (Å²) in [6.45, 7) is 4.52. The van der Waals surface area contributed by atoms with E-state index in [1.54, 1.807) is 12.1 Å². The molecule has 2 atom stereocenters. The van der Waals surface area contributed by atoms with Gasteiger partial charge in [0.05, 0.1) is 12.3 Å². The predicted octanol–water partition coefficient (Wildman–Crippen LogP) is 7.02. The summed E-state index contributed by atoms with van der Waals surface area (Å²) in [5.74, 6) is -0.411. The second-order valence-corrected chi connectivity index (χ2v) is 11.8. The Labute approximate surface area is 263 Å². The van der Waals surface area contributed by atoms with E-state index in [0.717, 1.165) is 48.4 Å². The number of hydrogen-bond acceptors (Lipinski definition) is 5. The van der Waals surface area contributed by atoms with Gasteiger partial charge in [0.1, 0.15) is 11.3 Å². The first-order valence-corrected chi connectivity index (χ1v) is 15.7. The number of imide groups is 2. The topological polar surface area (TPSA) is 79.0 Å². The average molecular weight is 598 g/mol. The molecule has 4 aromatic carbocycles. The van der Waals surface area contributed by atoms with Gasteiger partial charge < -0.3 is 9.64 Å². The molecule has 7 rings (SSSR count). The molecule has 0 radical (unpaired) electrons. The molecule has 3 aliphatic heterocycles. The molecule has 3 aliphatic rings. The molecule has 4 amide bonds. The van der Waals surface area contributed by atoms with Crippen LogP contribution in [0, 0.1) is 0 Å². The molecule has 3 heterocycles. The number of urea groups is 1. The SMILES string of the molecule is CCCOc1ccc(/C=C2\C(=O)NC(=O)N(c3cc4c5c(c3)[C@H](c3ccccc3)CCN5CC[C@@H]4c3ccccc3)C2=O)cc1. The molecule has 7 heteroatoms. The van der Waals surface area contributed by atoms with Crippen LogP contribution in [0.4, 0.5) is 16.2 Å². The van der Waals surface area contributed by atoms with Crippen LogP contribution in [0.2, 0.25) is 0 Å². The lowest BCUT2D eigenvalue weighted by molar-refractivity contribution is -0.122. The lowest BCUT2D eigenvalue weighted by atomic mass is 9.76. The summed E-state index contributed by atoms with van der Waals surface area (Å²) in [6.07, 6.45) is 4.28. The Balaban J connectivity index is 1.33. The van der Waals surface area contributed by atoms with Gasteiger partial charge in [-0.05, 0) is 77.4 Å². The summed E-state index contributed by atoms with van der Waals surface area (Å²) in [6, 6.07) is 31.3. The molecule has 0 unspecified atom stereocenters. The maximum atomic E-state index is 14.0. The molecule has 0 aliphatic carbocycles. The van der Waals surface area contributed by atoms with Crippen LogP contribution in [0.25, 0.3) is 6.08 Å². The Kier molecular flexibility index (Phi) is 7.67. The fraction of sp³-hybridized carbons (Fsp3) is 0.237. The first-order valence-electron chi connectivity index (χ1n) is 15.7. The normalized spacial score (nSPS) is 20.2. The standard InChI is InChI=1S/C38H35N3O4/c1-2-21-45-29-15-13-25(14-16-29)22-34-36(42)39-38(44)41(37(34)43)28-23-32-30(26-9-5-3-6-10-26)17-19-40-20-18-31(33(24-28)35(32)40)27-11-7-4-8-12-27/h3-16,22-24,30-31H,2,17-21H2,1H3,(H,39,42,44)/b34-22+/t30-,31+. The third-order valence-corrected chi connectivity index (χ3v) is 9.02. The van der Waals surface area contributed by atoms with Gasteiger partial charge in [0.15, 0.2) is 0 Å². The highest BCUT2D eigenvalue weighted by atomic mass is 16.5. The van der Waals surface area contributed by atoms with Gasteiger partial charge in [-0.15, -0.1) is 0 Å². The zero-order chi connectivity index (χ0) is 30.9. The maximum absolute atomic E-state index is 14.0. The molecular formula is C38H35N3O4. The van der Waals surface area contributed by atoms with Crippen LogP contribution in [0.3, 0.4) is 0 Å². The van der Waals surface area contributed by atoms with Crippen molar-refractivity contribution in [1.82, 2.24) is 5.32 Å². The van der Waals surface area contributed by atoms with Crippen molar-refractivity contribution in [1.29, 1.82) is 0 Å². The molecule has 45 heavy (non-hydrogen) atoms. The Morgan fingerprint density at radius 2 is 1.38 bits per heavy atom. The van der Waals surface area contributed by atoms with E-state index in [-0.39, 0.29) is 17.4 Å². The number of benzene rings is 4. The van der Waals surface area contributed by atoms with Gasteiger partial charge in [0, 0.05) is 30.6 Å². The molecule has 1 N–H and O–H groups in total. The van der Waals surface area contributed by atoms with Crippen LogP contribution >= 0.6 is 0 Å². The van der Waals surface area contributed by atoms with E-state index in [1.165, 1.54) is 22.9 Å². The van der Waals surface area contributed by atoms with Gasteiger partial charge in [-0.1, -0.05) is 79.7 Å². The van der Waals surface area contributed by atoms with Crippen molar-refractivity contribution >= 4 is 35.3 Å². The highest BCUT2D eigenvalue weighted by Gasteiger charge is 2.40. The maximum Gasteiger partial charge on any atom is 0.335 e. The van der Waals surface area contributed by atoms with Crippen LogP contribution < -0.4 is 19.9 Å². The molecular weight excluding hydrogens is 562 g/mol. The van der Waals surface area contributed by atoms with E-state index >= 15 is 0 Å². The van der Waals surface area contributed by atoms with Crippen molar-refractivity contribution in [3.8, 4) is 5.75 Å². The van der Waals surface area contributed by atoms with E-state index in [1.807, 2.05) is 43.3 Å². The Morgan fingerprint density at radius 3 is 1.93 bits per heavy atom. The fourth-order valence-electron chi connectivity index (χ4n) is 6.91. The van der Waals surface area contributed by atoms with Gasteiger partial charge in [0.2, 0.25) is 0 Å². The van der Waals surface area contributed by atoms with Crippen molar-refractivity contribution < 1.29 is 19.1 Å². The zero-order valence-electron chi connectivity index (χ0n) is 25.2. The van der Waals surface area contributed by atoms with Crippen LogP contribution in [0.15, 0.2) is 103 Å². The summed E-state index contributed by atoms with van der Waals surface area (Å²) in [5, 5.41) is 2.42.